The molecule has 0 unspecified atom stereocenters. The maximum absolute atomic E-state index is 12.1. The highest BCUT2D eigenvalue weighted by Gasteiger charge is 2.66. The first-order chi connectivity index (χ1) is 7.37. The van der Waals surface area contributed by atoms with Gasteiger partial charge in [-0.3, -0.25) is 9.59 Å². The largest absolute Gasteiger partial charge is 0.481 e. The van der Waals surface area contributed by atoms with Gasteiger partial charge in [0.05, 0.1) is 11.8 Å². The highest BCUT2D eigenvalue weighted by molar-refractivity contribution is 5.91. The van der Waals surface area contributed by atoms with Gasteiger partial charge >= 0.3 is 5.97 Å². The van der Waals surface area contributed by atoms with Crippen molar-refractivity contribution in [2.24, 2.45) is 17.3 Å². The average molecular weight is 227 g/mol. The van der Waals surface area contributed by atoms with Gasteiger partial charge in [-0.05, 0) is 18.8 Å². The van der Waals surface area contributed by atoms with Crippen LogP contribution in [0, 0.1) is 17.3 Å². The van der Waals surface area contributed by atoms with Gasteiger partial charge in [-0.1, -0.05) is 20.8 Å². The molecule has 16 heavy (non-hydrogen) atoms. The first-order valence-corrected chi connectivity index (χ1v) is 5.89. The molecule has 1 N–H and O–H groups in total. The maximum atomic E-state index is 12.1. The molecule has 92 valence electrons. The van der Waals surface area contributed by atoms with Crippen molar-refractivity contribution >= 4 is 11.9 Å². The number of aliphatic carboxylic acids is 1. The van der Waals surface area contributed by atoms with Gasteiger partial charge in [0, 0.05) is 13.1 Å². The minimum absolute atomic E-state index is 0.00162. The van der Waals surface area contributed by atoms with Crippen molar-refractivity contribution in [1.82, 2.24) is 4.90 Å². The van der Waals surface area contributed by atoms with Crippen LogP contribution in [0.5, 0.6) is 0 Å². The van der Waals surface area contributed by atoms with Gasteiger partial charge in [-0.2, -0.15) is 0 Å². The summed E-state index contributed by atoms with van der Waals surface area (Å²) in [5, 5.41) is 9.02. The molecule has 1 aliphatic rings. The molecule has 1 fully saturated rings. The summed E-state index contributed by atoms with van der Waals surface area (Å²) in [7, 11) is 0. The van der Waals surface area contributed by atoms with Crippen LogP contribution in [-0.4, -0.2) is 35.0 Å². The van der Waals surface area contributed by atoms with E-state index in [0.717, 1.165) is 6.42 Å². The Labute approximate surface area is 96.6 Å². The van der Waals surface area contributed by atoms with Crippen LogP contribution in [0.2, 0.25) is 0 Å². The molecule has 0 spiro atoms. The molecule has 0 aromatic rings. The standard InChI is InChI=1S/C12H21NO3/c1-5-7-13(6-2)10(14)8-9(11(15)16)12(8,3)4/h8-9H,5-7H2,1-4H3,(H,15,16)/t8-,9+/m1/s1. The summed E-state index contributed by atoms with van der Waals surface area (Å²) in [5.41, 5.74) is -0.385. The smallest absolute Gasteiger partial charge is 0.307 e. The van der Waals surface area contributed by atoms with Crippen molar-refractivity contribution in [3.05, 3.63) is 0 Å². The Morgan fingerprint density at radius 1 is 1.25 bits per heavy atom. The van der Waals surface area contributed by atoms with Crippen molar-refractivity contribution in [1.29, 1.82) is 0 Å². The minimum Gasteiger partial charge on any atom is -0.481 e. The van der Waals surface area contributed by atoms with E-state index in [-0.39, 0.29) is 17.2 Å². The van der Waals surface area contributed by atoms with Gasteiger partial charge in [0.15, 0.2) is 0 Å². The summed E-state index contributed by atoms with van der Waals surface area (Å²) in [6.45, 7) is 9.03. The summed E-state index contributed by atoms with van der Waals surface area (Å²) in [6, 6.07) is 0. The van der Waals surface area contributed by atoms with E-state index in [2.05, 4.69) is 0 Å². The average Bonchev–Trinajstić information content (AvgIpc) is 2.77. The Morgan fingerprint density at radius 2 is 1.81 bits per heavy atom. The Hall–Kier alpha value is -1.06. The molecule has 0 saturated heterocycles. The first kappa shape index (κ1) is 13.0. The van der Waals surface area contributed by atoms with Gasteiger partial charge in [-0.15, -0.1) is 0 Å². The third-order valence-corrected chi connectivity index (χ3v) is 3.55. The molecule has 0 aliphatic heterocycles. The number of carbonyl (C=O) groups excluding carboxylic acids is 1. The van der Waals surface area contributed by atoms with E-state index >= 15 is 0 Å². The number of rotatable bonds is 5. The highest BCUT2D eigenvalue weighted by Crippen LogP contribution is 2.58. The van der Waals surface area contributed by atoms with Crippen molar-refractivity contribution in [3.8, 4) is 0 Å². The Balaban J connectivity index is 2.72. The summed E-state index contributed by atoms with van der Waals surface area (Å²) in [5.74, 6) is -1.69. The van der Waals surface area contributed by atoms with Crippen LogP contribution in [0.25, 0.3) is 0 Å². The SMILES string of the molecule is CCCN(CC)C(=O)[C@H]1[C@@H](C(=O)O)C1(C)C. The van der Waals surface area contributed by atoms with E-state index in [4.69, 9.17) is 5.11 Å². The summed E-state index contributed by atoms with van der Waals surface area (Å²) in [4.78, 5) is 24.9. The molecule has 1 aliphatic carbocycles. The van der Waals surface area contributed by atoms with Gasteiger partial charge in [0.1, 0.15) is 0 Å². The van der Waals surface area contributed by atoms with Crippen molar-refractivity contribution < 1.29 is 14.7 Å². The zero-order valence-electron chi connectivity index (χ0n) is 10.5. The molecule has 1 rings (SSSR count). The van der Waals surface area contributed by atoms with Crippen LogP contribution < -0.4 is 0 Å². The fourth-order valence-electron chi connectivity index (χ4n) is 2.45. The quantitative estimate of drug-likeness (QED) is 0.776. The van der Waals surface area contributed by atoms with E-state index in [1.807, 2.05) is 27.7 Å². The third kappa shape index (κ3) is 2.06. The zero-order chi connectivity index (χ0) is 12.5. The lowest BCUT2D eigenvalue weighted by atomic mass is 10.1. The number of amides is 1. The Kier molecular flexibility index (Phi) is 3.61. The lowest BCUT2D eigenvalue weighted by molar-refractivity contribution is -0.142. The van der Waals surface area contributed by atoms with Gasteiger partial charge in [0.2, 0.25) is 5.91 Å². The highest BCUT2D eigenvalue weighted by atomic mass is 16.4. The predicted octanol–water partition coefficient (Wildman–Crippen LogP) is 1.60. The third-order valence-electron chi connectivity index (χ3n) is 3.55. The molecule has 4 heteroatoms. The predicted molar refractivity (Wildman–Crippen MR) is 60.9 cm³/mol. The van der Waals surface area contributed by atoms with Gasteiger partial charge in [-0.25, -0.2) is 0 Å². The second kappa shape index (κ2) is 4.44. The number of nitrogens with zero attached hydrogens (tertiary/aromatic N) is 1. The maximum Gasteiger partial charge on any atom is 0.307 e. The zero-order valence-corrected chi connectivity index (χ0v) is 10.5. The summed E-state index contributed by atoms with van der Waals surface area (Å²) >= 11 is 0. The molecule has 0 heterocycles. The molecule has 0 radical (unpaired) electrons. The first-order valence-electron chi connectivity index (χ1n) is 5.89. The number of carboxylic acid groups (broad SMARTS) is 1. The molecular formula is C12H21NO3. The van der Waals surface area contributed by atoms with E-state index in [1.165, 1.54) is 0 Å². The second-order valence-electron chi connectivity index (χ2n) is 5.03. The fraction of sp³-hybridized carbons (Fsp3) is 0.833. The number of carbonyl (C=O) groups is 2. The van der Waals surface area contributed by atoms with Gasteiger partial charge in [0.25, 0.3) is 0 Å². The van der Waals surface area contributed by atoms with E-state index < -0.39 is 11.9 Å². The Bertz CT molecular complexity index is 299. The molecule has 0 aromatic heterocycles. The monoisotopic (exact) mass is 227 g/mol. The summed E-state index contributed by atoms with van der Waals surface area (Å²) < 4.78 is 0. The number of hydrogen-bond donors (Lipinski definition) is 1. The molecule has 0 bridgehead atoms. The van der Waals surface area contributed by atoms with Crippen molar-refractivity contribution in [3.63, 3.8) is 0 Å². The van der Waals surface area contributed by atoms with E-state index in [0.29, 0.717) is 13.1 Å². The molecular weight excluding hydrogens is 206 g/mol. The normalized spacial score (nSPS) is 26.2. The molecule has 1 amide bonds. The van der Waals surface area contributed by atoms with E-state index in [1.54, 1.807) is 4.90 Å². The lowest BCUT2D eigenvalue weighted by Gasteiger charge is -2.20. The molecule has 0 aromatic carbocycles. The topological polar surface area (TPSA) is 57.6 Å². The van der Waals surface area contributed by atoms with Gasteiger partial charge < -0.3 is 10.0 Å². The van der Waals surface area contributed by atoms with E-state index in [9.17, 15) is 9.59 Å². The second-order valence-corrected chi connectivity index (χ2v) is 5.03. The van der Waals surface area contributed by atoms with Crippen LogP contribution >= 0.6 is 0 Å². The molecule has 4 nitrogen and oxygen atoms in total. The van der Waals surface area contributed by atoms with Crippen molar-refractivity contribution in [2.75, 3.05) is 13.1 Å². The fourth-order valence-corrected chi connectivity index (χ4v) is 2.45. The van der Waals surface area contributed by atoms with Crippen LogP contribution in [0.4, 0.5) is 0 Å². The lowest BCUT2D eigenvalue weighted by Crippen LogP contribution is -2.34. The minimum atomic E-state index is -0.851. The molecule has 2 atom stereocenters. The van der Waals surface area contributed by atoms with Crippen LogP contribution in [0.15, 0.2) is 0 Å². The van der Waals surface area contributed by atoms with Crippen LogP contribution in [0.1, 0.15) is 34.1 Å². The molecule has 1 saturated carbocycles. The number of carboxylic acids is 1. The summed E-state index contributed by atoms with van der Waals surface area (Å²) in [6.07, 6.45) is 0.907. The Morgan fingerprint density at radius 3 is 2.12 bits per heavy atom. The van der Waals surface area contributed by atoms with Crippen molar-refractivity contribution in [2.45, 2.75) is 34.1 Å². The van der Waals surface area contributed by atoms with Crippen LogP contribution in [-0.2, 0) is 9.59 Å². The number of hydrogen-bond acceptors (Lipinski definition) is 2. The van der Waals surface area contributed by atoms with Crippen LogP contribution in [0.3, 0.4) is 0 Å².